The van der Waals surface area contributed by atoms with Crippen molar-refractivity contribution < 1.29 is 0 Å². The maximum Gasteiger partial charge on any atom is 0.0381 e. The number of hydrogen-bond donors (Lipinski definition) is 0. The van der Waals surface area contributed by atoms with Crippen molar-refractivity contribution in [2.24, 2.45) is 0 Å². The van der Waals surface area contributed by atoms with Gasteiger partial charge in [-0.15, -0.1) is 0 Å². The molecule has 5 radical (unpaired) electrons. The first kappa shape index (κ1) is 27.7. The zero-order valence-electron chi connectivity index (χ0n) is 19.3. The lowest BCUT2D eigenvalue weighted by molar-refractivity contribution is 0.609. The summed E-state index contributed by atoms with van der Waals surface area (Å²) in [6.45, 7) is 6.97. The van der Waals surface area contributed by atoms with Gasteiger partial charge in [0.25, 0.3) is 0 Å². The maximum atomic E-state index is 4.10. The molecule has 0 aliphatic heterocycles. The first-order chi connectivity index (χ1) is 13.2. The molecule has 0 aliphatic carbocycles. The van der Waals surface area contributed by atoms with Gasteiger partial charge in [-0.1, -0.05) is 154 Å². The lowest BCUT2D eigenvalue weighted by Crippen LogP contribution is -2.42. The van der Waals surface area contributed by atoms with E-state index >= 15 is 0 Å². The van der Waals surface area contributed by atoms with Crippen LogP contribution in [0.1, 0.15) is 136 Å². The van der Waals surface area contributed by atoms with E-state index in [2.05, 4.69) is 30.5 Å². The molecule has 0 unspecified atom stereocenters. The van der Waals surface area contributed by atoms with Crippen LogP contribution in [0.5, 0.6) is 0 Å². The smallest absolute Gasteiger partial charge is 0.0381 e. The minimum atomic E-state index is -1.03. The van der Waals surface area contributed by atoms with Crippen LogP contribution in [0.3, 0.4) is 0 Å². The van der Waals surface area contributed by atoms with E-state index in [9.17, 15) is 0 Å². The monoisotopic (exact) mass is 423 g/mol. The summed E-state index contributed by atoms with van der Waals surface area (Å²) in [4.78, 5) is 0. The minimum Gasteiger partial charge on any atom is -0.0654 e. The fourth-order valence-electron chi connectivity index (χ4n) is 4.29. The highest BCUT2D eigenvalue weighted by molar-refractivity contribution is 7.40. The molecule has 0 aliphatic rings. The quantitative estimate of drug-likeness (QED) is 0.120. The van der Waals surface area contributed by atoms with Crippen molar-refractivity contribution in [2.45, 2.75) is 154 Å². The summed E-state index contributed by atoms with van der Waals surface area (Å²) in [5, 5.41) is 0. The summed E-state index contributed by atoms with van der Waals surface area (Å²) in [7, 11) is 4.17. The molecule has 0 atom stereocenters. The average Bonchev–Trinajstić information content (AvgIpc) is 2.69. The van der Waals surface area contributed by atoms with Crippen LogP contribution in [0, 0.1) is 0 Å². The molecule has 0 heterocycles. The third-order valence-electron chi connectivity index (χ3n) is 6.29. The van der Waals surface area contributed by atoms with Crippen molar-refractivity contribution in [1.29, 1.82) is 0 Å². The highest BCUT2D eigenvalue weighted by Crippen LogP contribution is 2.28. The summed E-state index contributed by atoms with van der Waals surface area (Å²) < 4.78 is 0. The van der Waals surface area contributed by atoms with Gasteiger partial charge in [0.15, 0.2) is 0 Å². The summed E-state index contributed by atoms with van der Waals surface area (Å²) in [5.74, 6) is 0. The zero-order chi connectivity index (χ0) is 20.1. The van der Waals surface area contributed by atoms with E-state index in [1.54, 1.807) is 18.1 Å². The Hall–Kier alpha value is 0.651. The fraction of sp³-hybridized carbons (Fsp3) is 1.00. The van der Waals surface area contributed by atoms with E-state index in [0.29, 0.717) is 0 Å². The molecular weight excluding hydrogens is 373 g/mol. The Balaban J connectivity index is 4.23. The van der Waals surface area contributed by atoms with Crippen molar-refractivity contribution in [2.75, 3.05) is 0 Å². The molecule has 0 rings (SSSR count). The molecule has 159 valence electrons. The SMILES string of the molecule is CCCCCCCC[Si](CCCCCCCC)(CCCCCCCC)[Si][Si]. The normalized spacial score (nSPS) is 12.0. The van der Waals surface area contributed by atoms with Gasteiger partial charge in [-0.25, -0.2) is 0 Å². The first-order valence-corrected chi connectivity index (χ1v) is 18.8. The third kappa shape index (κ3) is 17.2. The van der Waals surface area contributed by atoms with Crippen LogP contribution in [-0.2, 0) is 0 Å². The molecule has 0 aromatic heterocycles. The Labute approximate surface area is 180 Å². The van der Waals surface area contributed by atoms with Crippen LogP contribution in [0.4, 0.5) is 0 Å². The molecule has 0 aromatic carbocycles. The van der Waals surface area contributed by atoms with E-state index < -0.39 is 7.59 Å². The molecule has 27 heavy (non-hydrogen) atoms. The number of rotatable bonds is 22. The second-order valence-electron chi connectivity index (χ2n) is 8.96. The molecule has 0 spiro atoms. The van der Waals surface area contributed by atoms with Gasteiger partial charge in [0.2, 0.25) is 0 Å². The molecule has 0 saturated heterocycles. The lowest BCUT2D eigenvalue weighted by Gasteiger charge is -2.31. The van der Waals surface area contributed by atoms with Gasteiger partial charge < -0.3 is 0 Å². The molecular formula is C24H51Si3. The Bertz CT molecular complexity index is 240. The Kier molecular flexibility index (Phi) is 21.9. The highest BCUT2D eigenvalue weighted by atomic mass is 29.5. The number of unbranched alkanes of at least 4 members (excludes halogenated alkanes) is 15. The predicted octanol–water partition coefficient (Wildman–Crippen LogP) is 8.80. The van der Waals surface area contributed by atoms with Crippen molar-refractivity contribution >= 4 is 25.9 Å². The third-order valence-corrected chi connectivity index (χ3v) is 19.4. The molecule has 0 aromatic rings. The van der Waals surface area contributed by atoms with Gasteiger partial charge in [0.1, 0.15) is 0 Å². The Morgan fingerprint density at radius 2 is 0.704 bits per heavy atom. The average molecular weight is 424 g/mol. The van der Waals surface area contributed by atoms with Crippen LogP contribution in [0.2, 0.25) is 18.1 Å². The standard InChI is InChI=1S/C24H51Si3/c1-4-7-10-13-16-19-22-27(26-25,23-20-17-14-11-8-5-2)24-21-18-15-12-9-6-3/h4-24H2,1-3H3. The summed E-state index contributed by atoms with van der Waals surface area (Å²) in [6.07, 6.45) is 26.4. The van der Waals surface area contributed by atoms with Crippen molar-refractivity contribution in [3.05, 3.63) is 0 Å². The van der Waals surface area contributed by atoms with Gasteiger partial charge in [-0.2, -0.15) is 0 Å². The largest absolute Gasteiger partial charge is 0.0654 e. The van der Waals surface area contributed by atoms with Gasteiger partial charge in [0.05, 0.1) is 0 Å². The molecule has 0 amide bonds. The molecule has 0 bridgehead atoms. The Morgan fingerprint density at radius 3 is 0.963 bits per heavy atom. The Morgan fingerprint density at radius 1 is 0.444 bits per heavy atom. The van der Waals surface area contributed by atoms with Gasteiger partial charge in [-0.3, -0.25) is 0 Å². The van der Waals surface area contributed by atoms with E-state index in [1.807, 2.05) is 0 Å². The van der Waals surface area contributed by atoms with Crippen LogP contribution in [0.15, 0.2) is 0 Å². The van der Waals surface area contributed by atoms with E-state index in [1.165, 1.54) is 116 Å². The van der Waals surface area contributed by atoms with Gasteiger partial charge >= 0.3 is 0 Å². The van der Waals surface area contributed by atoms with E-state index in [0.717, 1.165) is 8.55 Å². The number of hydrogen-bond acceptors (Lipinski definition) is 0. The molecule has 0 nitrogen and oxygen atoms in total. The molecule has 0 N–H and O–H groups in total. The van der Waals surface area contributed by atoms with Crippen LogP contribution in [-0.4, -0.2) is 25.9 Å². The summed E-state index contributed by atoms with van der Waals surface area (Å²) in [5.41, 5.74) is 0. The second kappa shape index (κ2) is 21.4. The van der Waals surface area contributed by atoms with Crippen molar-refractivity contribution in [3.8, 4) is 0 Å². The van der Waals surface area contributed by atoms with Gasteiger partial charge in [0, 0.05) is 25.9 Å². The van der Waals surface area contributed by atoms with Crippen LogP contribution >= 0.6 is 0 Å². The van der Waals surface area contributed by atoms with Crippen molar-refractivity contribution in [3.63, 3.8) is 0 Å². The van der Waals surface area contributed by atoms with E-state index in [4.69, 9.17) is 0 Å². The molecule has 0 fully saturated rings. The second-order valence-corrected chi connectivity index (χ2v) is 19.5. The topological polar surface area (TPSA) is 0 Å². The molecule has 0 saturated carbocycles. The highest BCUT2D eigenvalue weighted by Gasteiger charge is 2.29. The fourth-order valence-corrected chi connectivity index (χ4v) is 14.3. The predicted molar refractivity (Wildman–Crippen MR) is 132 cm³/mol. The first-order valence-electron chi connectivity index (χ1n) is 12.7. The van der Waals surface area contributed by atoms with Crippen LogP contribution in [0.25, 0.3) is 0 Å². The zero-order valence-corrected chi connectivity index (χ0v) is 22.3. The lowest BCUT2D eigenvalue weighted by atomic mass is 10.1. The van der Waals surface area contributed by atoms with Gasteiger partial charge in [-0.05, 0) is 0 Å². The molecule has 3 heteroatoms. The minimum absolute atomic E-state index is 1.03. The van der Waals surface area contributed by atoms with E-state index in [-0.39, 0.29) is 0 Å². The summed E-state index contributed by atoms with van der Waals surface area (Å²) in [6, 6.07) is 4.85. The van der Waals surface area contributed by atoms with Crippen molar-refractivity contribution in [1.82, 2.24) is 0 Å². The summed E-state index contributed by atoms with van der Waals surface area (Å²) >= 11 is 0. The maximum absolute atomic E-state index is 4.10. The van der Waals surface area contributed by atoms with Crippen LogP contribution < -0.4 is 0 Å².